The molecule has 0 bridgehead atoms. The molecule has 3 rings (SSSR count). The van der Waals surface area contributed by atoms with Crippen molar-refractivity contribution < 1.29 is 4.79 Å². The molecule has 0 unspecified atom stereocenters. The lowest BCUT2D eigenvalue weighted by molar-refractivity contribution is -0.113. The van der Waals surface area contributed by atoms with E-state index in [9.17, 15) is 4.79 Å². The molecule has 8 heteroatoms. The van der Waals surface area contributed by atoms with Crippen molar-refractivity contribution in [3.8, 4) is 0 Å². The zero-order chi connectivity index (χ0) is 21.7. The number of nitrogen functional groups attached to an aromatic ring is 1. The number of nitrogens with one attached hydrogen (secondary N) is 2. The van der Waals surface area contributed by atoms with Gasteiger partial charge in [0, 0.05) is 11.4 Å². The lowest BCUT2D eigenvalue weighted by Gasteiger charge is -2.14. The Morgan fingerprint density at radius 2 is 1.73 bits per heavy atom. The molecular formula is C22H26N6OS. The SMILES string of the molecule is Cc1cc(C)c(NC(=O)CS[C@@H](C)c2nc(N)nc(Nc3ccccc3)n2)c(C)c1. The fourth-order valence-corrected chi connectivity index (χ4v) is 3.85. The molecule has 0 aliphatic carbocycles. The maximum absolute atomic E-state index is 12.5. The van der Waals surface area contributed by atoms with E-state index in [2.05, 4.69) is 37.7 Å². The number of aromatic nitrogens is 3. The number of carbonyl (C=O) groups excluding carboxylic acids is 1. The number of aryl methyl sites for hydroxylation is 3. The van der Waals surface area contributed by atoms with Crippen LogP contribution in [-0.2, 0) is 4.79 Å². The first-order valence-corrected chi connectivity index (χ1v) is 10.7. The third kappa shape index (κ3) is 5.70. The lowest BCUT2D eigenvalue weighted by Crippen LogP contribution is -2.17. The minimum Gasteiger partial charge on any atom is -0.368 e. The summed E-state index contributed by atoms with van der Waals surface area (Å²) in [6.45, 7) is 7.99. The molecule has 1 aromatic heterocycles. The van der Waals surface area contributed by atoms with Crippen LogP contribution in [0, 0.1) is 20.8 Å². The van der Waals surface area contributed by atoms with Gasteiger partial charge in [0.1, 0.15) is 5.82 Å². The van der Waals surface area contributed by atoms with Gasteiger partial charge in [0.05, 0.1) is 11.0 Å². The van der Waals surface area contributed by atoms with E-state index in [1.807, 2.05) is 58.0 Å². The molecule has 1 amide bonds. The normalized spacial score (nSPS) is 11.7. The fraction of sp³-hybridized carbons (Fsp3) is 0.273. The van der Waals surface area contributed by atoms with Crippen LogP contribution in [0.1, 0.15) is 34.7 Å². The lowest BCUT2D eigenvalue weighted by atomic mass is 10.1. The van der Waals surface area contributed by atoms with Crippen molar-refractivity contribution in [2.45, 2.75) is 32.9 Å². The highest BCUT2D eigenvalue weighted by molar-refractivity contribution is 8.00. The summed E-state index contributed by atoms with van der Waals surface area (Å²) in [5.41, 5.74) is 10.9. The number of nitrogens with two attached hydrogens (primary N) is 1. The number of anilines is 4. The van der Waals surface area contributed by atoms with Crippen LogP contribution >= 0.6 is 11.8 Å². The number of thioether (sulfide) groups is 1. The minimum atomic E-state index is -0.127. The first-order valence-electron chi connectivity index (χ1n) is 9.64. The second kappa shape index (κ2) is 9.58. The molecule has 0 aliphatic heterocycles. The highest BCUT2D eigenvalue weighted by Gasteiger charge is 2.16. The van der Waals surface area contributed by atoms with Crippen LogP contribution < -0.4 is 16.4 Å². The second-order valence-electron chi connectivity index (χ2n) is 7.14. The topological polar surface area (TPSA) is 106 Å². The zero-order valence-electron chi connectivity index (χ0n) is 17.6. The summed E-state index contributed by atoms with van der Waals surface area (Å²) in [6.07, 6.45) is 0. The molecule has 30 heavy (non-hydrogen) atoms. The van der Waals surface area contributed by atoms with Gasteiger partial charge in [-0.3, -0.25) is 4.79 Å². The molecule has 1 heterocycles. The number of carbonyl (C=O) groups is 1. The van der Waals surface area contributed by atoms with Gasteiger partial charge in [-0.1, -0.05) is 35.9 Å². The van der Waals surface area contributed by atoms with Crippen LogP contribution in [0.15, 0.2) is 42.5 Å². The largest absolute Gasteiger partial charge is 0.368 e. The number of para-hydroxylation sites is 1. The minimum absolute atomic E-state index is 0.0634. The number of hydrogen-bond donors (Lipinski definition) is 3. The van der Waals surface area contributed by atoms with Crippen molar-refractivity contribution in [3.05, 3.63) is 65.0 Å². The highest BCUT2D eigenvalue weighted by atomic mass is 32.2. The van der Waals surface area contributed by atoms with Crippen molar-refractivity contribution in [1.29, 1.82) is 0 Å². The molecule has 0 saturated carbocycles. The van der Waals surface area contributed by atoms with Crippen LogP contribution in [0.4, 0.5) is 23.3 Å². The summed E-state index contributed by atoms with van der Waals surface area (Å²) in [5, 5.41) is 6.01. The standard InChI is InChI=1S/C22H26N6OS/c1-13-10-14(2)19(15(3)11-13)25-18(29)12-30-16(4)20-26-21(23)28-22(27-20)24-17-8-6-5-7-9-17/h5-11,16H,12H2,1-4H3,(H,25,29)(H3,23,24,26,27,28)/t16-/m0/s1. The van der Waals surface area contributed by atoms with Gasteiger partial charge in [0.2, 0.25) is 17.8 Å². The van der Waals surface area contributed by atoms with Gasteiger partial charge in [0.15, 0.2) is 0 Å². The average molecular weight is 423 g/mol. The number of amides is 1. The molecule has 7 nitrogen and oxygen atoms in total. The number of hydrogen-bond acceptors (Lipinski definition) is 7. The first kappa shape index (κ1) is 21.6. The third-order valence-corrected chi connectivity index (χ3v) is 5.61. The molecule has 0 saturated heterocycles. The van der Waals surface area contributed by atoms with E-state index >= 15 is 0 Å². The summed E-state index contributed by atoms with van der Waals surface area (Å²) in [5.74, 6) is 1.27. The smallest absolute Gasteiger partial charge is 0.234 e. The monoisotopic (exact) mass is 422 g/mol. The summed E-state index contributed by atoms with van der Waals surface area (Å²) in [4.78, 5) is 25.3. The first-order chi connectivity index (χ1) is 14.3. The van der Waals surface area contributed by atoms with E-state index in [1.54, 1.807) is 0 Å². The number of nitrogens with zero attached hydrogens (tertiary/aromatic N) is 3. The molecule has 3 aromatic rings. The molecular weight excluding hydrogens is 396 g/mol. The Hall–Kier alpha value is -3.13. The maximum atomic E-state index is 12.5. The average Bonchev–Trinajstić information content (AvgIpc) is 2.69. The van der Waals surface area contributed by atoms with E-state index in [4.69, 9.17) is 5.73 Å². The van der Waals surface area contributed by atoms with E-state index < -0.39 is 0 Å². The molecule has 4 N–H and O–H groups in total. The Morgan fingerprint density at radius 1 is 1.07 bits per heavy atom. The van der Waals surface area contributed by atoms with Crippen LogP contribution in [-0.4, -0.2) is 26.6 Å². The maximum Gasteiger partial charge on any atom is 0.234 e. The van der Waals surface area contributed by atoms with Crippen LogP contribution in [0.2, 0.25) is 0 Å². The molecule has 0 radical (unpaired) electrons. The van der Waals surface area contributed by atoms with Crippen molar-refractivity contribution in [1.82, 2.24) is 15.0 Å². The van der Waals surface area contributed by atoms with Gasteiger partial charge in [-0.25, -0.2) is 0 Å². The summed E-state index contributed by atoms with van der Waals surface area (Å²) >= 11 is 1.45. The Morgan fingerprint density at radius 3 is 2.40 bits per heavy atom. The number of benzene rings is 2. The van der Waals surface area contributed by atoms with Crippen molar-refractivity contribution in [3.63, 3.8) is 0 Å². The Kier molecular flexibility index (Phi) is 6.89. The predicted octanol–water partition coefficient (Wildman–Crippen LogP) is 4.56. The van der Waals surface area contributed by atoms with E-state index in [-0.39, 0.29) is 22.9 Å². The molecule has 156 valence electrons. The van der Waals surface area contributed by atoms with Gasteiger partial charge in [-0.05, 0) is 51.0 Å². The molecule has 2 aromatic carbocycles. The Bertz CT molecular complexity index is 1020. The quantitative estimate of drug-likeness (QED) is 0.513. The predicted molar refractivity (Wildman–Crippen MR) is 124 cm³/mol. The Balaban J connectivity index is 1.63. The Labute approximate surface area is 180 Å². The van der Waals surface area contributed by atoms with Gasteiger partial charge < -0.3 is 16.4 Å². The molecule has 1 atom stereocenters. The van der Waals surface area contributed by atoms with Crippen molar-refractivity contribution >= 4 is 40.9 Å². The van der Waals surface area contributed by atoms with Crippen LogP contribution in [0.3, 0.4) is 0 Å². The van der Waals surface area contributed by atoms with Crippen LogP contribution in [0.5, 0.6) is 0 Å². The second-order valence-corrected chi connectivity index (χ2v) is 8.47. The van der Waals surface area contributed by atoms with Crippen molar-refractivity contribution in [2.75, 3.05) is 22.1 Å². The van der Waals surface area contributed by atoms with E-state index in [0.29, 0.717) is 11.8 Å². The molecule has 0 fully saturated rings. The third-order valence-electron chi connectivity index (χ3n) is 4.47. The van der Waals surface area contributed by atoms with Gasteiger partial charge in [-0.15, -0.1) is 11.8 Å². The van der Waals surface area contributed by atoms with Crippen LogP contribution in [0.25, 0.3) is 0 Å². The zero-order valence-corrected chi connectivity index (χ0v) is 18.4. The number of rotatable bonds is 7. The van der Waals surface area contributed by atoms with E-state index in [1.165, 1.54) is 17.3 Å². The van der Waals surface area contributed by atoms with Crippen molar-refractivity contribution in [2.24, 2.45) is 0 Å². The summed E-state index contributed by atoms with van der Waals surface area (Å²) in [7, 11) is 0. The molecule has 0 aliphatic rings. The van der Waals surface area contributed by atoms with E-state index in [0.717, 1.165) is 22.5 Å². The molecule has 0 spiro atoms. The van der Waals surface area contributed by atoms with Gasteiger partial charge >= 0.3 is 0 Å². The highest BCUT2D eigenvalue weighted by Crippen LogP contribution is 2.28. The fourth-order valence-electron chi connectivity index (χ4n) is 3.13. The van der Waals surface area contributed by atoms with Gasteiger partial charge in [-0.2, -0.15) is 15.0 Å². The summed E-state index contributed by atoms with van der Waals surface area (Å²) in [6, 6.07) is 13.7. The van der Waals surface area contributed by atoms with Gasteiger partial charge in [0.25, 0.3) is 0 Å². The summed E-state index contributed by atoms with van der Waals surface area (Å²) < 4.78 is 0.